The maximum Gasteiger partial charge on any atom is 0.472 e. The number of phosphoric acid groups is 2. The van der Waals surface area contributed by atoms with Gasteiger partial charge in [-0.15, -0.1) is 0 Å². The zero-order valence-corrected chi connectivity index (χ0v) is 71.2. The van der Waals surface area contributed by atoms with Crippen molar-refractivity contribution in [1.29, 1.82) is 0 Å². The molecule has 0 fully saturated rings. The lowest BCUT2D eigenvalue weighted by Gasteiger charge is -2.21. The third-order valence-corrected chi connectivity index (χ3v) is 22.3. The minimum absolute atomic E-state index is 0.105. The number of carbonyl (C=O) groups is 4. The van der Waals surface area contributed by atoms with Gasteiger partial charge in [-0.05, 0) is 49.4 Å². The second kappa shape index (κ2) is 74.8. The Hall–Kier alpha value is -1.94. The van der Waals surface area contributed by atoms with E-state index in [1.54, 1.807) is 0 Å². The normalized spacial score (nSPS) is 14.2. The van der Waals surface area contributed by atoms with Crippen molar-refractivity contribution < 1.29 is 80.2 Å². The van der Waals surface area contributed by atoms with Gasteiger partial charge in [0.1, 0.15) is 19.3 Å². The Morgan fingerprint density at radius 3 is 0.676 bits per heavy atom. The van der Waals surface area contributed by atoms with Crippen LogP contribution in [0.1, 0.15) is 447 Å². The Kier molecular flexibility index (Phi) is 73.4. The SMILES string of the molecule is CCC(C)CCCCCCCCCCCCCCCCCCCCC(=O)OC[C@H](COP(=O)(O)OC[C@@H](O)COP(=O)(O)OC[C@@H](COC(=O)CCCCCCCCC(C)C)OC(=O)CCCCCCCCCCCCC(C)C)OC(=O)CCCCCCCCCCCCCCCCCCCCC(C)C. The summed E-state index contributed by atoms with van der Waals surface area (Å²) in [6, 6.07) is 0. The van der Waals surface area contributed by atoms with Gasteiger partial charge in [-0.25, -0.2) is 9.13 Å². The Labute approximate surface area is 645 Å². The van der Waals surface area contributed by atoms with E-state index in [-0.39, 0.29) is 25.7 Å². The molecule has 0 saturated heterocycles. The number of aliphatic hydroxyl groups excluding tert-OH is 1. The predicted octanol–water partition coefficient (Wildman–Crippen LogP) is 25.9. The van der Waals surface area contributed by atoms with Crippen LogP contribution in [0.2, 0.25) is 0 Å². The molecule has 0 heterocycles. The summed E-state index contributed by atoms with van der Waals surface area (Å²) in [6.45, 7) is 14.3. The summed E-state index contributed by atoms with van der Waals surface area (Å²) in [7, 11) is -9.93. The van der Waals surface area contributed by atoms with Gasteiger partial charge in [-0.1, -0.05) is 396 Å². The van der Waals surface area contributed by atoms with Crippen LogP contribution in [0, 0.1) is 23.7 Å². The number of rotatable bonds is 83. The van der Waals surface area contributed by atoms with Gasteiger partial charge < -0.3 is 33.8 Å². The second-order valence-corrected chi connectivity index (χ2v) is 35.5. The number of esters is 4. The van der Waals surface area contributed by atoms with E-state index in [1.165, 1.54) is 244 Å². The van der Waals surface area contributed by atoms with Gasteiger partial charge in [0.2, 0.25) is 0 Å². The van der Waals surface area contributed by atoms with Crippen LogP contribution in [-0.2, 0) is 65.4 Å². The quantitative estimate of drug-likeness (QED) is 0.0222. The number of phosphoric ester groups is 2. The van der Waals surface area contributed by atoms with E-state index < -0.39 is 97.5 Å². The molecule has 0 aliphatic carbocycles. The molecule has 624 valence electrons. The Morgan fingerprint density at radius 2 is 0.457 bits per heavy atom. The molecule has 0 amide bonds. The molecule has 0 bridgehead atoms. The first-order valence-electron chi connectivity index (χ1n) is 44.2. The molecule has 0 aliphatic heterocycles. The average Bonchev–Trinajstić information content (AvgIpc) is 0.967. The molecule has 3 unspecified atom stereocenters. The molecule has 105 heavy (non-hydrogen) atoms. The van der Waals surface area contributed by atoms with Gasteiger partial charge in [-0.3, -0.25) is 37.3 Å². The van der Waals surface area contributed by atoms with Crippen molar-refractivity contribution in [3.63, 3.8) is 0 Å². The number of carbonyl (C=O) groups excluding carboxylic acids is 4. The summed E-state index contributed by atoms with van der Waals surface area (Å²) in [6.07, 6.45) is 64.2. The fourth-order valence-corrected chi connectivity index (χ4v) is 14.9. The van der Waals surface area contributed by atoms with Crippen LogP contribution in [0.4, 0.5) is 0 Å². The van der Waals surface area contributed by atoms with Gasteiger partial charge >= 0.3 is 39.5 Å². The highest BCUT2D eigenvalue weighted by atomic mass is 31.2. The van der Waals surface area contributed by atoms with Crippen molar-refractivity contribution in [2.45, 2.75) is 465 Å². The zero-order chi connectivity index (χ0) is 77.4. The van der Waals surface area contributed by atoms with Gasteiger partial charge in [0.15, 0.2) is 12.2 Å². The maximum absolute atomic E-state index is 13.1. The van der Waals surface area contributed by atoms with Gasteiger partial charge in [0.05, 0.1) is 26.4 Å². The molecule has 0 radical (unpaired) electrons. The third kappa shape index (κ3) is 78.5. The Balaban J connectivity index is 5.19. The molecule has 6 atom stereocenters. The number of aliphatic hydroxyl groups is 1. The largest absolute Gasteiger partial charge is 0.472 e. The number of hydrogen-bond acceptors (Lipinski definition) is 15. The number of hydrogen-bond donors (Lipinski definition) is 3. The molecular formula is C86H168O17P2. The van der Waals surface area contributed by atoms with Crippen LogP contribution in [-0.4, -0.2) is 96.7 Å². The Morgan fingerprint density at radius 1 is 0.267 bits per heavy atom. The van der Waals surface area contributed by atoms with Crippen LogP contribution < -0.4 is 0 Å². The number of ether oxygens (including phenoxy) is 4. The van der Waals surface area contributed by atoms with Crippen LogP contribution in [0.3, 0.4) is 0 Å². The lowest BCUT2D eigenvalue weighted by molar-refractivity contribution is -0.161. The molecular weight excluding hydrogens is 1370 g/mol. The van der Waals surface area contributed by atoms with Crippen LogP contribution in [0.25, 0.3) is 0 Å². The first-order chi connectivity index (χ1) is 50.6. The molecule has 0 rings (SSSR count). The van der Waals surface area contributed by atoms with Gasteiger partial charge in [0.25, 0.3) is 0 Å². The summed E-state index contributed by atoms with van der Waals surface area (Å²) in [5.74, 6) is 1.01. The number of unbranched alkanes of at least 4 members (excludes halogenated alkanes) is 48. The van der Waals surface area contributed by atoms with Gasteiger partial charge in [-0.2, -0.15) is 0 Å². The van der Waals surface area contributed by atoms with Gasteiger partial charge in [0, 0.05) is 25.7 Å². The molecule has 3 N–H and O–H groups in total. The van der Waals surface area contributed by atoms with Crippen LogP contribution in [0.15, 0.2) is 0 Å². The highest BCUT2D eigenvalue weighted by Gasteiger charge is 2.31. The topological polar surface area (TPSA) is 237 Å². The summed E-state index contributed by atoms with van der Waals surface area (Å²) < 4.78 is 68.8. The fourth-order valence-electron chi connectivity index (χ4n) is 13.3. The van der Waals surface area contributed by atoms with E-state index in [2.05, 4.69) is 55.4 Å². The fraction of sp³-hybridized carbons (Fsp3) is 0.953. The summed E-state index contributed by atoms with van der Waals surface area (Å²) >= 11 is 0. The first kappa shape index (κ1) is 103. The molecule has 0 aromatic carbocycles. The van der Waals surface area contributed by atoms with E-state index in [1.807, 2.05) is 0 Å². The lowest BCUT2D eigenvalue weighted by atomic mass is 9.99. The molecule has 0 saturated carbocycles. The highest BCUT2D eigenvalue weighted by molar-refractivity contribution is 7.47. The third-order valence-electron chi connectivity index (χ3n) is 20.4. The standard InChI is InChI=1S/C86H168O17P2/c1-9-79(8)65-57-49-40-34-27-23-19-15-11-13-16-20-24-28-35-41-50-58-66-83(88)96-72-81(102-85(90)68-60-52-42-36-29-25-21-17-12-10-14-18-22-26-32-38-46-54-62-76(2)3)74-100-104(92,93)98-70-80(87)71-99-105(94,95)101-75-82(73-97-84(89)67-59-51-45-44-48-56-64-78(6)7)103-86(91)69-61-53-43-37-31-30-33-39-47-55-63-77(4)5/h76-82,87H,9-75H2,1-8H3,(H,92,93)(H,94,95)/t79?,80-,81-,82-/m1/s1. The summed E-state index contributed by atoms with van der Waals surface area (Å²) in [4.78, 5) is 73.1. The van der Waals surface area contributed by atoms with Crippen molar-refractivity contribution in [2.24, 2.45) is 23.7 Å². The van der Waals surface area contributed by atoms with Crippen LogP contribution >= 0.6 is 15.6 Å². The minimum Gasteiger partial charge on any atom is -0.462 e. The zero-order valence-electron chi connectivity index (χ0n) is 69.4. The maximum atomic E-state index is 13.1. The van der Waals surface area contributed by atoms with Crippen molar-refractivity contribution in [3.05, 3.63) is 0 Å². The van der Waals surface area contributed by atoms with E-state index in [4.69, 9.17) is 37.0 Å². The lowest BCUT2D eigenvalue weighted by Crippen LogP contribution is -2.30. The summed E-state index contributed by atoms with van der Waals surface area (Å²) in [5, 5.41) is 10.7. The first-order valence-corrected chi connectivity index (χ1v) is 47.2. The molecule has 0 aromatic rings. The molecule has 17 nitrogen and oxygen atoms in total. The Bertz CT molecular complexity index is 2040. The molecule has 0 aromatic heterocycles. The van der Waals surface area contributed by atoms with E-state index >= 15 is 0 Å². The molecule has 0 aliphatic rings. The van der Waals surface area contributed by atoms with E-state index in [0.717, 1.165) is 114 Å². The highest BCUT2D eigenvalue weighted by Crippen LogP contribution is 2.45. The second-order valence-electron chi connectivity index (χ2n) is 32.6. The van der Waals surface area contributed by atoms with E-state index in [0.29, 0.717) is 31.6 Å². The minimum atomic E-state index is -4.97. The van der Waals surface area contributed by atoms with E-state index in [9.17, 15) is 43.2 Å². The van der Waals surface area contributed by atoms with Crippen LogP contribution in [0.5, 0.6) is 0 Å². The van der Waals surface area contributed by atoms with Crippen molar-refractivity contribution in [1.82, 2.24) is 0 Å². The van der Waals surface area contributed by atoms with Crippen molar-refractivity contribution in [2.75, 3.05) is 39.6 Å². The van der Waals surface area contributed by atoms with Crippen molar-refractivity contribution >= 4 is 39.5 Å². The summed E-state index contributed by atoms with van der Waals surface area (Å²) in [5.41, 5.74) is 0. The molecule has 19 heteroatoms. The average molecular weight is 1540 g/mol. The van der Waals surface area contributed by atoms with Crippen molar-refractivity contribution in [3.8, 4) is 0 Å². The monoisotopic (exact) mass is 1540 g/mol. The predicted molar refractivity (Wildman–Crippen MR) is 432 cm³/mol. The molecule has 0 spiro atoms. The smallest absolute Gasteiger partial charge is 0.462 e.